The highest BCUT2D eigenvalue weighted by atomic mass is 16.6. The van der Waals surface area contributed by atoms with Crippen molar-refractivity contribution in [2.75, 3.05) is 39.3 Å². The quantitative estimate of drug-likeness (QED) is 0.0761. The second-order valence-corrected chi connectivity index (χ2v) is 18.6. The van der Waals surface area contributed by atoms with Crippen LogP contribution in [0.4, 0.5) is 10.5 Å². The molecule has 4 aliphatic rings. The number of ether oxygens (including phenoxy) is 4. The molecule has 7 atom stereocenters. The van der Waals surface area contributed by atoms with Crippen molar-refractivity contribution in [2.45, 2.75) is 88.1 Å². The summed E-state index contributed by atoms with van der Waals surface area (Å²) < 4.78 is 21.4. The predicted molar refractivity (Wildman–Crippen MR) is 258 cm³/mol. The predicted octanol–water partition coefficient (Wildman–Crippen LogP) is 6.46. The van der Waals surface area contributed by atoms with Gasteiger partial charge in [-0.1, -0.05) is 118 Å². The Morgan fingerprint density at radius 2 is 1.34 bits per heavy atom. The number of cyclic esters (lactones) is 1. The van der Waals surface area contributed by atoms with Crippen LogP contribution in [-0.4, -0.2) is 103 Å². The number of benzene rings is 4. The Hall–Kier alpha value is -7.51. The maximum Gasteiger partial charge on any atom is 0.329 e. The molecule has 4 amide bonds. The highest BCUT2D eigenvalue weighted by Crippen LogP contribution is 2.66. The average molecular weight is 967 g/mol. The van der Waals surface area contributed by atoms with Gasteiger partial charge in [-0.25, -0.2) is 14.5 Å². The number of morpholine rings is 1. The number of nitrogens with zero attached hydrogens (tertiary/aromatic N) is 3. The molecule has 4 aromatic rings. The molecule has 370 valence electrons. The Bertz CT molecular complexity index is 2710. The van der Waals surface area contributed by atoms with Crippen LogP contribution in [0.3, 0.4) is 0 Å². The van der Waals surface area contributed by atoms with Crippen molar-refractivity contribution >= 4 is 47.4 Å². The fourth-order valence-corrected chi connectivity index (χ4v) is 10.9. The SMILES string of the molecule is COC(=O)C(CC#Cc1ccc2c(c1)[C@]1(C(=O)N2C(=O)N[C@H](C(=O)OC)C(C)C)[C@H](C(=O)N2CCCCCCC2)[C@H]2C(=O)O[C@H](c3ccccc3)[C@H](c3ccccc3)N2[C@@H]1c1ccc(O)cc1)C(=O)OC. The molecule has 8 rings (SSSR count). The Morgan fingerprint density at radius 1 is 0.746 bits per heavy atom. The maximum absolute atomic E-state index is 16.7. The van der Waals surface area contributed by atoms with Gasteiger partial charge in [0, 0.05) is 25.1 Å². The summed E-state index contributed by atoms with van der Waals surface area (Å²) in [6.07, 6.45) is 2.81. The fourth-order valence-electron chi connectivity index (χ4n) is 10.9. The Kier molecular flexibility index (Phi) is 14.9. The maximum atomic E-state index is 16.7. The number of nitrogens with one attached hydrogen (secondary N) is 1. The summed E-state index contributed by atoms with van der Waals surface area (Å²) in [5.74, 6) is -2.12. The number of rotatable bonds is 10. The lowest BCUT2D eigenvalue weighted by molar-refractivity contribution is -0.179. The third kappa shape index (κ3) is 9.22. The second kappa shape index (κ2) is 21.2. The van der Waals surface area contributed by atoms with Gasteiger partial charge in [-0.15, -0.1) is 0 Å². The number of esters is 4. The smallest absolute Gasteiger partial charge is 0.329 e. The van der Waals surface area contributed by atoms with Crippen molar-refractivity contribution < 1.29 is 57.6 Å². The van der Waals surface area contributed by atoms with E-state index in [0.29, 0.717) is 42.6 Å². The summed E-state index contributed by atoms with van der Waals surface area (Å²) in [6, 6.07) is 23.8. The van der Waals surface area contributed by atoms with E-state index in [1.807, 2.05) is 65.6 Å². The van der Waals surface area contributed by atoms with E-state index in [0.717, 1.165) is 38.4 Å². The van der Waals surface area contributed by atoms with Gasteiger partial charge in [-0.05, 0) is 71.3 Å². The van der Waals surface area contributed by atoms with Gasteiger partial charge in [0.25, 0.3) is 0 Å². The number of fused-ring (bicyclic) bond motifs is 3. The highest BCUT2D eigenvalue weighted by Gasteiger charge is 2.76. The summed E-state index contributed by atoms with van der Waals surface area (Å²) in [5, 5.41) is 13.5. The van der Waals surface area contributed by atoms with E-state index in [4.69, 9.17) is 18.9 Å². The van der Waals surface area contributed by atoms with Crippen molar-refractivity contribution in [2.24, 2.45) is 17.8 Å². The zero-order valence-corrected chi connectivity index (χ0v) is 40.4. The second-order valence-electron chi connectivity index (χ2n) is 18.6. The number of phenols is 1. The van der Waals surface area contributed by atoms with Crippen molar-refractivity contribution in [3.05, 3.63) is 131 Å². The van der Waals surface area contributed by atoms with Crippen LogP contribution >= 0.6 is 0 Å². The van der Waals surface area contributed by atoms with E-state index in [1.54, 1.807) is 43.0 Å². The first-order valence-electron chi connectivity index (χ1n) is 24.0. The van der Waals surface area contributed by atoms with Crippen LogP contribution in [0.1, 0.15) is 98.4 Å². The molecule has 3 saturated heterocycles. The Balaban J connectivity index is 1.45. The molecule has 4 heterocycles. The van der Waals surface area contributed by atoms with Crippen LogP contribution in [-0.2, 0) is 53.1 Å². The summed E-state index contributed by atoms with van der Waals surface area (Å²) >= 11 is 0. The Labute approximate surface area is 412 Å². The van der Waals surface area contributed by atoms with Gasteiger partial charge in [0.15, 0.2) is 5.92 Å². The zero-order chi connectivity index (χ0) is 50.6. The first kappa shape index (κ1) is 49.9. The molecule has 16 nitrogen and oxygen atoms in total. The molecule has 0 bridgehead atoms. The van der Waals surface area contributed by atoms with Crippen molar-refractivity contribution in [1.82, 2.24) is 15.1 Å². The average Bonchev–Trinajstić information content (AvgIpc) is 3.82. The topological polar surface area (TPSA) is 198 Å². The van der Waals surface area contributed by atoms with Gasteiger partial charge in [0.05, 0.1) is 45.0 Å². The molecule has 16 heteroatoms. The van der Waals surface area contributed by atoms with Crippen molar-refractivity contribution in [3.63, 3.8) is 0 Å². The molecule has 2 N–H and O–H groups in total. The fraction of sp³-hybridized carbons (Fsp3) is 0.400. The molecular formula is C55H58N4O12. The number of methoxy groups -OCH3 is 3. The lowest BCUT2D eigenvalue weighted by Gasteiger charge is -2.46. The molecule has 0 radical (unpaired) electrons. The van der Waals surface area contributed by atoms with Gasteiger partial charge in [0.1, 0.15) is 29.4 Å². The molecule has 3 fully saturated rings. The number of amides is 4. The molecule has 71 heavy (non-hydrogen) atoms. The summed E-state index contributed by atoms with van der Waals surface area (Å²) in [7, 11) is 3.48. The monoisotopic (exact) mass is 966 g/mol. The minimum Gasteiger partial charge on any atom is -0.508 e. The van der Waals surface area contributed by atoms with Gasteiger partial charge in [0.2, 0.25) is 11.8 Å². The molecule has 1 spiro atoms. The lowest BCUT2D eigenvalue weighted by Crippen LogP contribution is -2.58. The molecule has 4 aromatic carbocycles. The number of likely N-dealkylation sites (tertiary alicyclic amines) is 1. The van der Waals surface area contributed by atoms with Crippen molar-refractivity contribution in [3.8, 4) is 17.6 Å². The highest BCUT2D eigenvalue weighted by molar-refractivity contribution is 6.25. The van der Waals surface area contributed by atoms with E-state index < -0.39 is 95.2 Å². The molecule has 0 saturated carbocycles. The number of phenolic OH excluding ortho intramolecular Hbond substituents is 1. The third-order valence-corrected chi connectivity index (χ3v) is 14.2. The molecule has 4 aliphatic heterocycles. The van der Waals surface area contributed by atoms with Crippen LogP contribution in [0.5, 0.6) is 5.75 Å². The van der Waals surface area contributed by atoms with Crippen molar-refractivity contribution in [1.29, 1.82) is 0 Å². The summed E-state index contributed by atoms with van der Waals surface area (Å²) in [6.45, 7) is 4.12. The van der Waals surface area contributed by atoms with E-state index in [-0.39, 0.29) is 29.0 Å². The van der Waals surface area contributed by atoms with E-state index in [2.05, 4.69) is 17.2 Å². The third-order valence-electron chi connectivity index (χ3n) is 14.2. The summed E-state index contributed by atoms with van der Waals surface area (Å²) in [5.41, 5.74) is 0.174. The van der Waals surface area contributed by atoms with Gasteiger partial charge < -0.3 is 34.3 Å². The number of aromatic hydroxyl groups is 1. The number of hydrogen-bond acceptors (Lipinski definition) is 13. The molecule has 0 unspecified atom stereocenters. The number of hydrogen-bond donors (Lipinski definition) is 2. The normalized spacial score (nSPS) is 23.3. The Morgan fingerprint density at radius 3 is 1.93 bits per heavy atom. The zero-order valence-electron chi connectivity index (χ0n) is 40.4. The number of carbonyl (C=O) groups excluding carboxylic acids is 7. The number of imide groups is 1. The molecule has 0 aliphatic carbocycles. The minimum atomic E-state index is -2.14. The van der Waals surface area contributed by atoms with Gasteiger partial charge in [-0.2, -0.15) is 0 Å². The van der Waals surface area contributed by atoms with Gasteiger partial charge in [-0.3, -0.25) is 28.9 Å². The minimum absolute atomic E-state index is 0.0609. The van der Waals surface area contributed by atoms with E-state index >= 15 is 19.2 Å². The standard InChI is InChI=1S/C55H58N4O12/c1-33(2)43(51(64)70-5)56-54(67)58-41-29-24-34(18-17-23-39(49(62)68-3)50(63)69-4)32-40(41)55(53(58)66)42(48(61)57-30-15-7-6-8-16-31-57)45-52(65)71-46(36-21-13-10-14-22-36)44(35-19-11-9-12-20-35)59(45)47(55)37-25-27-38(60)28-26-37/h9-14,19-22,24-29,32-33,39,42-47,60H,6-8,15-16,23,30-31H2,1-5H3,(H,56,67)/t42-,43-,44-,45-,46+,47+,55-/m0/s1. The van der Waals surface area contributed by atoms with E-state index in [9.17, 15) is 19.5 Å². The van der Waals surface area contributed by atoms with Gasteiger partial charge >= 0.3 is 29.9 Å². The largest absolute Gasteiger partial charge is 0.508 e. The number of carbonyl (C=O) groups is 7. The molecular weight excluding hydrogens is 909 g/mol. The number of anilines is 1. The summed E-state index contributed by atoms with van der Waals surface area (Å²) in [4.78, 5) is 107. The van der Waals surface area contributed by atoms with Crippen LogP contribution in [0, 0.1) is 29.6 Å². The van der Waals surface area contributed by atoms with Crippen LogP contribution in [0.25, 0.3) is 0 Å². The first-order chi connectivity index (χ1) is 34.3. The lowest BCUT2D eigenvalue weighted by atomic mass is 9.64. The molecule has 0 aromatic heterocycles. The van der Waals surface area contributed by atoms with Crippen LogP contribution in [0.2, 0.25) is 0 Å². The van der Waals surface area contributed by atoms with E-state index in [1.165, 1.54) is 25.3 Å². The first-order valence-corrected chi connectivity index (χ1v) is 24.0. The van der Waals surface area contributed by atoms with Crippen LogP contribution in [0.15, 0.2) is 103 Å². The van der Waals surface area contributed by atoms with Crippen LogP contribution < -0.4 is 10.2 Å². The number of urea groups is 1.